The van der Waals surface area contributed by atoms with Crippen LogP contribution in [0.2, 0.25) is 0 Å². The van der Waals surface area contributed by atoms with E-state index in [4.69, 9.17) is 4.74 Å². The minimum Gasteiger partial charge on any atom is -0.486 e. The molecule has 1 spiro atoms. The molecule has 0 aliphatic carbocycles. The first kappa shape index (κ1) is 14.4. The molecule has 2 atom stereocenters. The molecule has 0 unspecified atom stereocenters. The first-order valence-corrected chi connectivity index (χ1v) is 6.64. The average molecular weight is 282 g/mol. The lowest BCUT2D eigenvalue weighted by Crippen LogP contribution is -2.52. The summed E-state index contributed by atoms with van der Waals surface area (Å²) in [6.07, 6.45) is 2.34. The van der Waals surface area contributed by atoms with Crippen LogP contribution in [0.15, 0.2) is 18.2 Å². The lowest BCUT2D eigenvalue weighted by Gasteiger charge is -2.43. The molecule has 0 amide bonds. The van der Waals surface area contributed by atoms with E-state index in [1.807, 2.05) is 25.1 Å². The minimum atomic E-state index is -0.275. The number of aryl methyl sites for hydroxylation is 1. The number of Topliss-reactive ketones (excluding diaryl/α,β-unsaturated/α-hetero) is 1. The van der Waals surface area contributed by atoms with Gasteiger partial charge in [0.15, 0.2) is 5.78 Å². The van der Waals surface area contributed by atoms with E-state index in [9.17, 15) is 4.79 Å². The Morgan fingerprint density at radius 2 is 2.21 bits per heavy atom. The second-order valence-electron chi connectivity index (χ2n) is 5.69. The van der Waals surface area contributed by atoms with Gasteiger partial charge < -0.3 is 10.1 Å². The van der Waals surface area contributed by atoms with Crippen molar-refractivity contribution in [3.05, 3.63) is 29.3 Å². The summed E-state index contributed by atoms with van der Waals surface area (Å²) in [5, 5.41) is 3.41. The summed E-state index contributed by atoms with van der Waals surface area (Å²) in [5.41, 5.74) is 1.61. The van der Waals surface area contributed by atoms with Gasteiger partial charge in [0.25, 0.3) is 0 Å². The Bertz CT molecular complexity index is 503. The molecule has 0 aromatic heterocycles. The predicted octanol–water partition coefficient (Wildman–Crippen LogP) is 2.89. The molecule has 1 aromatic carbocycles. The van der Waals surface area contributed by atoms with Gasteiger partial charge >= 0.3 is 0 Å². The number of piperidine rings is 1. The van der Waals surface area contributed by atoms with Crippen LogP contribution in [0.4, 0.5) is 0 Å². The smallest absolute Gasteiger partial charge is 0.170 e. The molecule has 2 heterocycles. The third kappa shape index (κ3) is 2.63. The number of ether oxygens (including phenoxy) is 1. The molecule has 104 valence electrons. The Morgan fingerprint density at radius 3 is 2.95 bits per heavy atom. The molecular weight excluding hydrogens is 262 g/mol. The Balaban J connectivity index is 0.00000133. The van der Waals surface area contributed by atoms with E-state index in [1.165, 1.54) is 0 Å². The number of ketones is 1. The van der Waals surface area contributed by atoms with Gasteiger partial charge in [-0.05, 0) is 38.1 Å². The second-order valence-corrected chi connectivity index (χ2v) is 5.69. The fourth-order valence-electron chi connectivity index (χ4n) is 3.13. The first-order chi connectivity index (χ1) is 8.58. The van der Waals surface area contributed by atoms with E-state index in [0.29, 0.717) is 12.5 Å². The number of rotatable bonds is 0. The Morgan fingerprint density at radius 1 is 1.42 bits per heavy atom. The number of hydrogen-bond acceptors (Lipinski definition) is 3. The summed E-state index contributed by atoms with van der Waals surface area (Å²) >= 11 is 0. The van der Waals surface area contributed by atoms with Crippen LogP contribution in [0.5, 0.6) is 5.75 Å². The molecule has 3 rings (SSSR count). The van der Waals surface area contributed by atoms with Gasteiger partial charge in [-0.1, -0.05) is 6.07 Å². The van der Waals surface area contributed by atoms with Crippen LogP contribution in [-0.4, -0.2) is 24.0 Å². The molecule has 1 fully saturated rings. The highest BCUT2D eigenvalue weighted by Crippen LogP contribution is 2.39. The molecule has 19 heavy (non-hydrogen) atoms. The van der Waals surface area contributed by atoms with Crippen molar-refractivity contribution in [2.75, 3.05) is 6.54 Å². The van der Waals surface area contributed by atoms with Crippen LogP contribution in [0, 0.1) is 6.92 Å². The van der Waals surface area contributed by atoms with E-state index >= 15 is 0 Å². The van der Waals surface area contributed by atoms with Gasteiger partial charge in [-0.3, -0.25) is 4.79 Å². The van der Waals surface area contributed by atoms with Crippen LogP contribution < -0.4 is 10.1 Å². The lowest BCUT2D eigenvalue weighted by atomic mass is 9.80. The van der Waals surface area contributed by atoms with Gasteiger partial charge in [-0.15, -0.1) is 12.4 Å². The van der Waals surface area contributed by atoms with Crippen molar-refractivity contribution in [3.8, 4) is 5.75 Å². The average Bonchev–Trinajstić information content (AvgIpc) is 2.27. The highest BCUT2D eigenvalue weighted by molar-refractivity contribution is 6.00. The third-order valence-electron chi connectivity index (χ3n) is 4.00. The zero-order valence-corrected chi connectivity index (χ0v) is 12.2. The monoisotopic (exact) mass is 281 g/mol. The number of benzene rings is 1. The second kappa shape index (κ2) is 5.14. The summed E-state index contributed by atoms with van der Waals surface area (Å²) in [6, 6.07) is 6.27. The molecule has 3 nitrogen and oxygen atoms in total. The minimum absolute atomic E-state index is 0. The zero-order chi connectivity index (χ0) is 12.8. The molecule has 1 saturated heterocycles. The van der Waals surface area contributed by atoms with Crippen molar-refractivity contribution in [2.24, 2.45) is 0 Å². The number of carbonyl (C=O) groups excluding carboxylic acids is 1. The first-order valence-electron chi connectivity index (χ1n) is 6.64. The molecular formula is C15H20ClNO2. The Hall–Kier alpha value is -1.06. The van der Waals surface area contributed by atoms with Gasteiger partial charge in [-0.2, -0.15) is 0 Å². The van der Waals surface area contributed by atoms with E-state index < -0.39 is 0 Å². The molecule has 2 aliphatic rings. The molecule has 4 heteroatoms. The number of hydrogen-bond donors (Lipinski definition) is 1. The van der Waals surface area contributed by atoms with Crippen molar-refractivity contribution >= 4 is 18.2 Å². The van der Waals surface area contributed by atoms with E-state index in [-0.39, 0.29) is 23.8 Å². The van der Waals surface area contributed by atoms with E-state index in [1.54, 1.807) is 0 Å². The number of halogens is 1. The van der Waals surface area contributed by atoms with Gasteiger partial charge in [-0.25, -0.2) is 0 Å². The van der Waals surface area contributed by atoms with Crippen molar-refractivity contribution in [3.63, 3.8) is 0 Å². The van der Waals surface area contributed by atoms with Crippen LogP contribution in [0.1, 0.15) is 42.1 Å². The standard InChI is InChI=1S/C15H19NO2.ClH/c1-10-3-4-12-13(17)9-15(18-14(12)7-10)5-6-16-11(2)8-15;/h3-4,7,11,16H,5-6,8-9H2,1-2H3;1H/t11-,15+;/m0./s1. The topological polar surface area (TPSA) is 38.3 Å². The maximum absolute atomic E-state index is 12.3. The molecule has 1 aromatic rings. The van der Waals surface area contributed by atoms with Crippen LogP contribution >= 0.6 is 12.4 Å². The van der Waals surface area contributed by atoms with E-state index in [2.05, 4.69) is 12.2 Å². The van der Waals surface area contributed by atoms with Crippen LogP contribution in [-0.2, 0) is 0 Å². The molecule has 1 N–H and O–H groups in total. The quantitative estimate of drug-likeness (QED) is 0.795. The highest BCUT2D eigenvalue weighted by Gasteiger charge is 2.43. The molecule has 0 radical (unpaired) electrons. The number of carbonyl (C=O) groups is 1. The third-order valence-corrected chi connectivity index (χ3v) is 4.00. The molecule has 2 aliphatic heterocycles. The number of nitrogens with one attached hydrogen (secondary N) is 1. The summed E-state index contributed by atoms with van der Waals surface area (Å²) in [6.45, 7) is 5.11. The van der Waals surface area contributed by atoms with Crippen LogP contribution in [0.25, 0.3) is 0 Å². The van der Waals surface area contributed by atoms with Gasteiger partial charge in [0.2, 0.25) is 0 Å². The summed E-state index contributed by atoms with van der Waals surface area (Å²) in [7, 11) is 0. The van der Waals surface area contributed by atoms with Crippen LogP contribution in [0.3, 0.4) is 0 Å². The normalized spacial score (nSPS) is 29.4. The van der Waals surface area contributed by atoms with Crippen molar-refractivity contribution in [1.29, 1.82) is 0 Å². The summed E-state index contributed by atoms with van der Waals surface area (Å²) in [5.74, 6) is 1.01. The maximum atomic E-state index is 12.3. The van der Waals surface area contributed by atoms with Crippen molar-refractivity contribution < 1.29 is 9.53 Å². The Labute approximate surface area is 120 Å². The fourth-order valence-corrected chi connectivity index (χ4v) is 3.13. The Kier molecular flexibility index (Phi) is 3.88. The molecule has 0 bridgehead atoms. The zero-order valence-electron chi connectivity index (χ0n) is 11.4. The summed E-state index contributed by atoms with van der Waals surface area (Å²) < 4.78 is 6.22. The van der Waals surface area contributed by atoms with Crippen molar-refractivity contribution in [2.45, 2.75) is 44.8 Å². The van der Waals surface area contributed by atoms with E-state index in [0.717, 1.165) is 36.3 Å². The largest absolute Gasteiger partial charge is 0.486 e. The fraction of sp³-hybridized carbons (Fsp3) is 0.533. The van der Waals surface area contributed by atoms with Crippen molar-refractivity contribution in [1.82, 2.24) is 5.32 Å². The lowest BCUT2D eigenvalue weighted by molar-refractivity contribution is 0.00872. The molecule has 0 saturated carbocycles. The number of fused-ring (bicyclic) bond motifs is 1. The summed E-state index contributed by atoms with van der Waals surface area (Å²) in [4.78, 5) is 12.3. The SMILES string of the molecule is Cc1ccc2c(c1)O[C@@]1(CCN[C@@H](C)C1)CC2=O.Cl. The van der Waals surface area contributed by atoms with Gasteiger partial charge in [0.1, 0.15) is 11.4 Å². The van der Waals surface area contributed by atoms with Gasteiger partial charge in [0, 0.05) is 18.9 Å². The predicted molar refractivity (Wildman–Crippen MR) is 77.4 cm³/mol. The van der Waals surface area contributed by atoms with Gasteiger partial charge in [0.05, 0.1) is 12.0 Å². The highest BCUT2D eigenvalue weighted by atomic mass is 35.5. The maximum Gasteiger partial charge on any atom is 0.170 e.